The predicted octanol–water partition coefficient (Wildman–Crippen LogP) is 6.66. The lowest BCUT2D eigenvalue weighted by Crippen LogP contribution is -2.21. The van der Waals surface area contributed by atoms with E-state index in [9.17, 15) is 0 Å². The van der Waals surface area contributed by atoms with Crippen LogP contribution in [0.5, 0.6) is 0 Å². The first-order valence-corrected chi connectivity index (χ1v) is 15.7. The van der Waals surface area contributed by atoms with Gasteiger partial charge in [-0.3, -0.25) is 4.99 Å². The lowest BCUT2D eigenvalue weighted by Gasteiger charge is -2.16. The van der Waals surface area contributed by atoms with Crippen LogP contribution in [0, 0.1) is 0 Å². The highest BCUT2D eigenvalue weighted by atomic mass is 28.3. The summed E-state index contributed by atoms with van der Waals surface area (Å²) < 4.78 is 0. The highest BCUT2D eigenvalue weighted by molar-refractivity contribution is 6.82. The standard InChI is InChI=1S/C19H39NSi2/c1-7-16-21(3,4)18-12-10-9-11-14-20-15-13-19-22(5,6)17-8-2/h7-8,15-17H,9-14,18-19H2,1-6H3/b16-7+,17-8+,20-15?. The van der Waals surface area contributed by atoms with Gasteiger partial charge in [0, 0.05) is 6.54 Å². The van der Waals surface area contributed by atoms with E-state index in [4.69, 9.17) is 0 Å². The molecular formula is C19H39NSi2. The molecule has 0 radical (unpaired) electrons. The van der Waals surface area contributed by atoms with Crippen LogP contribution in [-0.2, 0) is 0 Å². The molecule has 0 aliphatic rings. The highest BCUT2D eigenvalue weighted by Gasteiger charge is 2.15. The minimum Gasteiger partial charge on any atom is -0.298 e. The summed E-state index contributed by atoms with van der Waals surface area (Å²) >= 11 is 0. The van der Waals surface area contributed by atoms with Gasteiger partial charge in [-0.25, -0.2) is 0 Å². The van der Waals surface area contributed by atoms with Crippen molar-refractivity contribution in [3.63, 3.8) is 0 Å². The van der Waals surface area contributed by atoms with Crippen molar-refractivity contribution >= 4 is 22.4 Å². The Hall–Kier alpha value is -0.416. The smallest absolute Gasteiger partial charge is 0.0716 e. The van der Waals surface area contributed by atoms with E-state index in [2.05, 4.69) is 74.8 Å². The summed E-state index contributed by atoms with van der Waals surface area (Å²) in [6.45, 7) is 15.1. The number of rotatable bonds is 12. The molecule has 128 valence electrons. The summed E-state index contributed by atoms with van der Waals surface area (Å²) in [7, 11) is -2.11. The van der Waals surface area contributed by atoms with Gasteiger partial charge in [-0.1, -0.05) is 75.0 Å². The average molecular weight is 338 g/mol. The Bertz CT molecular complexity index is 354. The Balaban J connectivity index is 3.56. The molecule has 0 fully saturated rings. The van der Waals surface area contributed by atoms with Crippen LogP contribution in [0.15, 0.2) is 28.5 Å². The predicted molar refractivity (Wildman–Crippen MR) is 111 cm³/mol. The first-order valence-electron chi connectivity index (χ1n) is 9.09. The van der Waals surface area contributed by atoms with Gasteiger partial charge in [0.2, 0.25) is 0 Å². The molecule has 0 aliphatic carbocycles. The van der Waals surface area contributed by atoms with E-state index in [1.165, 1.54) is 37.8 Å². The molecule has 0 N–H and O–H groups in total. The number of hydrogen-bond donors (Lipinski definition) is 0. The van der Waals surface area contributed by atoms with Crippen molar-refractivity contribution in [1.82, 2.24) is 0 Å². The van der Waals surface area contributed by atoms with Crippen LogP contribution in [0.2, 0.25) is 38.3 Å². The normalized spacial score (nSPS) is 13.9. The van der Waals surface area contributed by atoms with E-state index in [1.807, 2.05) is 0 Å². The van der Waals surface area contributed by atoms with Gasteiger partial charge in [0.25, 0.3) is 0 Å². The van der Waals surface area contributed by atoms with Gasteiger partial charge < -0.3 is 0 Å². The third-order valence-electron chi connectivity index (χ3n) is 4.14. The van der Waals surface area contributed by atoms with Gasteiger partial charge in [-0.05, 0) is 38.9 Å². The van der Waals surface area contributed by atoms with Gasteiger partial charge in [-0.15, -0.1) is 0 Å². The molecule has 0 aromatic rings. The van der Waals surface area contributed by atoms with E-state index < -0.39 is 16.1 Å². The van der Waals surface area contributed by atoms with Crippen molar-refractivity contribution in [2.75, 3.05) is 6.54 Å². The van der Waals surface area contributed by atoms with Crippen molar-refractivity contribution in [2.45, 2.75) is 84.2 Å². The fourth-order valence-electron chi connectivity index (χ4n) is 2.83. The van der Waals surface area contributed by atoms with Gasteiger partial charge in [-0.2, -0.15) is 0 Å². The first-order chi connectivity index (χ1) is 10.3. The number of allylic oxidation sites excluding steroid dienone is 2. The van der Waals surface area contributed by atoms with Crippen molar-refractivity contribution < 1.29 is 0 Å². The Morgan fingerprint density at radius 1 is 0.727 bits per heavy atom. The zero-order valence-corrected chi connectivity index (χ0v) is 18.0. The van der Waals surface area contributed by atoms with Gasteiger partial charge in [0.05, 0.1) is 16.1 Å². The average Bonchev–Trinajstić information content (AvgIpc) is 2.40. The SMILES string of the molecule is C/C=C/[Si](C)(C)CCC=NCCCCCC[Si](C)(C)/C=C/C. The molecule has 0 amide bonds. The molecule has 0 heterocycles. The molecule has 0 bridgehead atoms. The molecule has 3 heteroatoms. The quantitative estimate of drug-likeness (QED) is 0.214. The van der Waals surface area contributed by atoms with Crippen molar-refractivity contribution in [3.8, 4) is 0 Å². The van der Waals surface area contributed by atoms with E-state index in [0.717, 1.165) is 13.0 Å². The van der Waals surface area contributed by atoms with Crippen molar-refractivity contribution in [1.29, 1.82) is 0 Å². The van der Waals surface area contributed by atoms with Crippen LogP contribution < -0.4 is 0 Å². The van der Waals surface area contributed by atoms with Gasteiger partial charge in [0.15, 0.2) is 0 Å². The highest BCUT2D eigenvalue weighted by Crippen LogP contribution is 2.16. The maximum absolute atomic E-state index is 4.58. The molecule has 22 heavy (non-hydrogen) atoms. The minimum absolute atomic E-state index is 1.03. The molecule has 1 nitrogen and oxygen atoms in total. The number of unbranched alkanes of at least 4 members (excludes halogenated alkanes) is 3. The summed E-state index contributed by atoms with van der Waals surface area (Å²) in [6.07, 6.45) is 13.2. The molecule has 0 spiro atoms. The Kier molecular flexibility index (Phi) is 11.8. The Labute approximate surface area is 142 Å². The second-order valence-electron chi connectivity index (χ2n) is 7.77. The maximum Gasteiger partial charge on any atom is 0.0716 e. The number of nitrogens with zero attached hydrogens (tertiary/aromatic N) is 1. The summed E-state index contributed by atoms with van der Waals surface area (Å²) in [5.41, 5.74) is 4.90. The van der Waals surface area contributed by atoms with Crippen molar-refractivity contribution in [2.24, 2.45) is 4.99 Å². The van der Waals surface area contributed by atoms with Crippen LogP contribution in [-0.4, -0.2) is 28.9 Å². The molecule has 0 saturated carbocycles. The molecule has 0 rings (SSSR count). The van der Waals surface area contributed by atoms with Crippen molar-refractivity contribution in [3.05, 3.63) is 23.6 Å². The van der Waals surface area contributed by atoms with Crippen LogP contribution in [0.25, 0.3) is 0 Å². The monoisotopic (exact) mass is 337 g/mol. The topological polar surface area (TPSA) is 12.4 Å². The largest absolute Gasteiger partial charge is 0.298 e. The van der Waals surface area contributed by atoms with E-state index >= 15 is 0 Å². The molecule has 0 aliphatic heterocycles. The maximum atomic E-state index is 4.58. The summed E-state index contributed by atoms with van der Waals surface area (Å²) in [6, 6.07) is 2.76. The Morgan fingerprint density at radius 3 is 1.86 bits per heavy atom. The second kappa shape index (κ2) is 12.1. The van der Waals surface area contributed by atoms with Gasteiger partial charge >= 0.3 is 0 Å². The molecule has 0 saturated heterocycles. The summed E-state index contributed by atoms with van der Waals surface area (Å²) in [5, 5.41) is 0. The molecular weight excluding hydrogens is 298 g/mol. The minimum atomic E-state index is -1.09. The third-order valence-corrected chi connectivity index (χ3v) is 9.83. The van der Waals surface area contributed by atoms with E-state index in [0.29, 0.717) is 0 Å². The van der Waals surface area contributed by atoms with Crippen LogP contribution in [0.3, 0.4) is 0 Å². The van der Waals surface area contributed by atoms with E-state index in [1.54, 1.807) is 0 Å². The van der Waals surface area contributed by atoms with Gasteiger partial charge in [0.1, 0.15) is 0 Å². The fraction of sp³-hybridized carbons (Fsp3) is 0.737. The molecule has 0 aromatic carbocycles. The Morgan fingerprint density at radius 2 is 1.27 bits per heavy atom. The fourth-order valence-corrected chi connectivity index (χ4v) is 7.00. The second-order valence-corrected chi connectivity index (χ2v) is 17.4. The number of aliphatic imine (C=N–C) groups is 1. The van der Waals surface area contributed by atoms with Crippen LogP contribution in [0.4, 0.5) is 0 Å². The summed E-state index contributed by atoms with van der Waals surface area (Å²) in [5.74, 6) is 0. The van der Waals surface area contributed by atoms with E-state index in [-0.39, 0.29) is 0 Å². The molecule has 0 atom stereocenters. The molecule has 0 unspecified atom stereocenters. The summed E-state index contributed by atoms with van der Waals surface area (Å²) in [4.78, 5) is 4.58. The lowest BCUT2D eigenvalue weighted by molar-refractivity contribution is 0.672. The van der Waals surface area contributed by atoms with Crippen LogP contribution in [0.1, 0.15) is 46.0 Å². The zero-order chi connectivity index (χ0) is 16.9. The third kappa shape index (κ3) is 13.3. The van der Waals surface area contributed by atoms with Crippen LogP contribution >= 0.6 is 0 Å². The first kappa shape index (κ1) is 21.6. The zero-order valence-electron chi connectivity index (χ0n) is 16.0. The lowest BCUT2D eigenvalue weighted by atomic mass is 10.2. The molecule has 0 aromatic heterocycles. The number of hydrogen-bond acceptors (Lipinski definition) is 1.